The normalized spacial score (nSPS) is 30.6. The lowest BCUT2D eigenvalue weighted by atomic mass is 9.66. The molecule has 0 unspecified atom stereocenters. The van der Waals surface area contributed by atoms with Gasteiger partial charge in [0.1, 0.15) is 6.10 Å². The molecule has 0 bridgehead atoms. The molecule has 2 rings (SSSR count). The summed E-state index contributed by atoms with van der Waals surface area (Å²) in [5.41, 5.74) is 0.961. The van der Waals surface area contributed by atoms with Crippen LogP contribution in [0.3, 0.4) is 0 Å². The Morgan fingerprint density at radius 2 is 1.94 bits per heavy atom. The number of rotatable bonds is 11. The number of carbonyl (C=O) groups is 2. The predicted molar refractivity (Wildman–Crippen MR) is 116 cm³/mol. The van der Waals surface area contributed by atoms with E-state index in [1.807, 2.05) is 26.0 Å². The predicted octanol–water partition coefficient (Wildman–Crippen LogP) is 2.83. The average Bonchev–Trinajstić information content (AvgIpc) is 2.66. The summed E-state index contributed by atoms with van der Waals surface area (Å²) < 4.78 is 5.90. The van der Waals surface area contributed by atoms with E-state index < -0.39 is 30.4 Å². The molecule has 176 valence electrons. The number of carbonyl (C=O) groups excluding carboxylic acids is 1. The molecule has 0 spiro atoms. The van der Waals surface area contributed by atoms with E-state index in [1.54, 1.807) is 0 Å². The first-order valence-corrected chi connectivity index (χ1v) is 11.5. The van der Waals surface area contributed by atoms with Gasteiger partial charge in [0.2, 0.25) is 0 Å². The topological polar surface area (TPSA) is 124 Å². The van der Waals surface area contributed by atoms with Crippen molar-refractivity contribution >= 4 is 11.9 Å². The van der Waals surface area contributed by atoms with Crippen molar-refractivity contribution in [1.82, 2.24) is 0 Å². The van der Waals surface area contributed by atoms with Crippen LogP contribution >= 0.6 is 0 Å². The van der Waals surface area contributed by atoms with E-state index in [2.05, 4.69) is 13.0 Å². The summed E-state index contributed by atoms with van der Waals surface area (Å²) in [5.74, 6) is -1.28. The molecular formula is C24H38O7. The van der Waals surface area contributed by atoms with Crippen LogP contribution in [-0.4, -0.2) is 56.8 Å². The number of fused-ring (bicyclic) bond motifs is 1. The van der Waals surface area contributed by atoms with Crippen molar-refractivity contribution in [2.75, 3.05) is 0 Å². The summed E-state index contributed by atoms with van der Waals surface area (Å²) in [5, 5.41) is 39.2. The zero-order valence-corrected chi connectivity index (χ0v) is 18.8. The number of aliphatic hydroxyl groups is 3. The summed E-state index contributed by atoms with van der Waals surface area (Å²) in [6, 6.07) is 0. The second-order valence-corrected chi connectivity index (χ2v) is 9.26. The minimum Gasteiger partial charge on any atom is -0.481 e. The first-order valence-electron chi connectivity index (χ1n) is 11.5. The van der Waals surface area contributed by atoms with E-state index in [1.165, 1.54) is 0 Å². The van der Waals surface area contributed by atoms with E-state index in [-0.39, 0.29) is 42.5 Å². The maximum atomic E-state index is 12.6. The Morgan fingerprint density at radius 1 is 1.23 bits per heavy atom. The molecule has 0 heterocycles. The quantitative estimate of drug-likeness (QED) is 0.366. The Morgan fingerprint density at radius 3 is 2.58 bits per heavy atom. The van der Waals surface area contributed by atoms with Gasteiger partial charge in [0.25, 0.3) is 0 Å². The van der Waals surface area contributed by atoms with Crippen molar-refractivity contribution in [3.8, 4) is 0 Å². The Balaban J connectivity index is 2.09. The molecule has 7 heteroatoms. The van der Waals surface area contributed by atoms with Crippen LogP contribution in [0.4, 0.5) is 0 Å². The van der Waals surface area contributed by atoms with Gasteiger partial charge < -0.3 is 25.2 Å². The fourth-order valence-electron chi connectivity index (χ4n) is 4.90. The van der Waals surface area contributed by atoms with Crippen LogP contribution < -0.4 is 0 Å². The Kier molecular flexibility index (Phi) is 9.72. The SMILES string of the molecule is CCC[C@H](C)C(=O)O[C@H]1C[C@H](O)C=C2C=C[C@H](C)[C@H](CC[C@@H](O)C[C@@H](O)CC(=O)O)[C@H]21. The van der Waals surface area contributed by atoms with Crippen LogP contribution in [0.1, 0.15) is 65.7 Å². The molecule has 0 amide bonds. The minimum atomic E-state index is -1.09. The highest BCUT2D eigenvalue weighted by molar-refractivity contribution is 5.72. The number of allylic oxidation sites excluding steroid dienone is 2. The number of hydrogen-bond acceptors (Lipinski definition) is 6. The lowest BCUT2D eigenvalue weighted by Gasteiger charge is -2.43. The van der Waals surface area contributed by atoms with Crippen molar-refractivity contribution in [3.05, 3.63) is 23.8 Å². The van der Waals surface area contributed by atoms with Gasteiger partial charge in [0.15, 0.2) is 0 Å². The lowest BCUT2D eigenvalue weighted by Crippen LogP contribution is -2.43. The molecule has 7 nitrogen and oxygen atoms in total. The molecule has 0 saturated carbocycles. The Hall–Kier alpha value is -1.70. The summed E-state index contributed by atoms with van der Waals surface area (Å²) in [6.07, 6.45) is 5.62. The second-order valence-electron chi connectivity index (χ2n) is 9.26. The number of aliphatic carboxylic acids is 1. The standard InChI is InChI=1S/C24H38O7/c1-4-5-15(3)24(30)31-21-12-18(26)10-16-7-6-14(2)20(23(16)21)9-8-17(25)11-19(27)13-22(28)29/h6-7,10,14-15,17-21,23,25-27H,4-5,8-9,11-13H2,1-3H3,(H,28,29)/t14-,15-,17+,18+,19+,20-,21-,23-/m0/s1. The van der Waals surface area contributed by atoms with Gasteiger partial charge in [-0.25, -0.2) is 0 Å². The number of carboxylic acid groups (broad SMARTS) is 1. The summed E-state index contributed by atoms with van der Waals surface area (Å²) in [4.78, 5) is 23.3. The zero-order valence-electron chi connectivity index (χ0n) is 18.8. The molecular weight excluding hydrogens is 400 g/mol. The second kappa shape index (κ2) is 11.8. The van der Waals surface area contributed by atoms with E-state index in [0.29, 0.717) is 19.3 Å². The van der Waals surface area contributed by atoms with Gasteiger partial charge in [-0.1, -0.05) is 45.4 Å². The van der Waals surface area contributed by atoms with Crippen molar-refractivity contribution in [1.29, 1.82) is 0 Å². The highest BCUT2D eigenvalue weighted by Crippen LogP contribution is 2.44. The van der Waals surface area contributed by atoms with Gasteiger partial charge in [-0.3, -0.25) is 9.59 Å². The van der Waals surface area contributed by atoms with Crippen molar-refractivity contribution in [2.24, 2.45) is 23.7 Å². The Bertz CT molecular complexity index is 671. The van der Waals surface area contributed by atoms with Gasteiger partial charge in [-0.05, 0) is 43.1 Å². The van der Waals surface area contributed by atoms with E-state index in [0.717, 1.165) is 18.4 Å². The first-order chi connectivity index (χ1) is 14.6. The monoisotopic (exact) mass is 438 g/mol. The molecule has 0 fully saturated rings. The summed E-state index contributed by atoms with van der Waals surface area (Å²) in [6.45, 7) is 5.98. The van der Waals surface area contributed by atoms with Crippen LogP contribution in [0.25, 0.3) is 0 Å². The summed E-state index contributed by atoms with van der Waals surface area (Å²) >= 11 is 0. The van der Waals surface area contributed by atoms with Crippen molar-refractivity contribution < 1.29 is 34.8 Å². The minimum absolute atomic E-state index is 0.0161. The number of ether oxygens (including phenoxy) is 1. The fraction of sp³-hybridized carbons (Fsp3) is 0.750. The highest BCUT2D eigenvalue weighted by Gasteiger charge is 2.42. The molecule has 0 aromatic carbocycles. The third kappa shape index (κ3) is 7.44. The number of aliphatic hydroxyl groups excluding tert-OH is 3. The van der Waals surface area contributed by atoms with Gasteiger partial charge in [-0.2, -0.15) is 0 Å². The summed E-state index contributed by atoms with van der Waals surface area (Å²) in [7, 11) is 0. The first kappa shape index (κ1) is 25.6. The molecule has 0 aromatic rings. The van der Waals surface area contributed by atoms with Crippen molar-refractivity contribution in [3.63, 3.8) is 0 Å². The smallest absolute Gasteiger partial charge is 0.308 e. The van der Waals surface area contributed by atoms with Crippen LogP contribution in [0.2, 0.25) is 0 Å². The number of esters is 1. The number of carboxylic acids is 1. The largest absolute Gasteiger partial charge is 0.481 e. The zero-order chi connectivity index (χ0) is 23.1. The number of hydrogen-bond donors (Lipinski definition) is 4. The van der Waals surface area contributed by atoms with Gasteiger partial charge in [0.05, 0.1) is 30.7 Å². The molecule has 8 atom stereocenters. The molecule has 0 aliphatic heterocycles. The van der Waals surface area contributed by atoms with Crippen molar-refractivity contribution in [2.45, 2.75) is 90.1 Å². The van der Waals surface area contributed by atoms with Gasteiger partial charge in [-0.15, -0.1) is 0 Å². The maximum absolute atomic E-state index is 12.6. The Labute approximate surface area is 184 Å². The highest BCUT2D eigenvalue weighted by atomic mass is 16.5. The lowest BCUT2D eigenvalue weighted by molar-refractivity contribution is -0.159. The average molecular weight is 439 g/mol. The maximum Gasteiger partial charge on any atom is 0.308 e. The molecule has 2 aliphatic rings. The van der Waals surface area contributed by atoms with Gasteiger partial charge in [0, 0.05) is 12.3 Å². The van der Waals surface area contributed by atoms with Crippen LogP contribution in [0, 0.1) is 23.7 Å². The van der Waals surface area contributed by atoms with E-state index >= 15 is 0 Å². The third-order valence-electron chi connectivity index (χ3n) is 6.55. The molecule has 2 aliphatic carbocycles. The third-order valence-corrected chi connectivity index (χ3v) is 6.55. The molecule has 31 heavy (non-hydrogen) atoms. The van der Waals surface area contributed by atoms with E-state index in [4.69, 9.17) is 9.84 Å². The van der Waals surface area contributed by atoms with Crippen LogP contribution in [-0.2, 0) is 14.3 Å². The fourth-order valence-corrected chi connectivity index (χ4v) is 4.90. The molecule has 0 radical (unpaired) electrons. The molecule has 0 saturated heterocycles. The van der Waals surface area contributed by atoms with Gasteiger partial charge >= 0.3 is 11.9 Å². The van der Waals surface area contributed by atoms with Crippen LogP contribution in [0.15, 0.2) is 23.8 Å². The van der Waals surface area contributed by atoms with Crippen LogP contribution in [0.5, 0.6) is 0 Å². The molecule has 0 aromatic heterocycles. The van der Waals surface area contributed by atoms with E-state index in [9.17, 15) is 24.9 Å². The molecule has 4 N–H and O–H groups in total.